The maximum atomic E-state index is 10.6. The molecule has 0 aromatic carbocycles. The molecule has 0 aromatic rings. The van der Waals surface area contributed by atoms with Gasteiger partial charge in [0.15, 0.2) is 0 Å². The van der Waals surface area contributed by atoms with Crippen LogP contribution in [-0.4, -0.2) is 17.3 Å². The number of allylic oxidation sites excluding steroid dienone is 4. The first-order chi connectivity index (χ1) is 5.77. The monoisotopic (exact) mass is 161 g/mol. The van der Waals surface area contributed by atoms with Gasteiger partial charge in [-0.15, -0.1) is 0 Å². The second-order valence-electron chi connectivity index (χ2n) is 2.70. The standard InChI is InChI=1S/C9H7NO2/c11-9(12)7-1-2-8-6(5-7)3-4-10-8/h1-4H,5H2,(H,11,12). The van der Waals surface area contributed by atoms with Gasteiger partial charge in [-0.3, -0.25) is 4.99 Å². The Morgan fingerprint density at radius 3 is 3.00 bits per heavy atom. The molecule has 1 heterocycles. The number of nitrogens with zero attached hydrogens (tertiary/aromatic N) is 1. The second kappa shape index (κ2) is 2.44. The minimum absolute atomic E-state index is 0.426. The summed E-state index contributed by atoms with van der Waals surface area (Å²) in [6.07, 6.45) is 7.38. The van der Waals surface area contributed by atoms with E-state index in [2.05, 4.69) is 4.99 Å². The molecule has 0 aromatic heterocycles. The van der Waals surface area contributed by atoms with Crippen LogP contribution in [0.4, 0.5) is 0 Å². The van der Waals surface area contributed by atoms with Gasteiger partial charge in [0.1, 0.15) is 0 Å². The first-order valence-corrected chi connectivity index (χ1v) is 3.65. The first kappa shape index (κ1) is 7.03. The molecule has 0 unspecified atom stereocenters. The van der Waals surface area contributed by atoms with Crippen LogP contribution in [0.15, 0.2) is 40.1 Å². The number of carboxylic acid groups (broad SMARTS) is 1. The molecule has 3 heteroatoms. The molecule has 0 bridgehead atoms. The summed E-state index contributed by atoms with van der Waals surface area (Å²) in [6, 6.07) is 0. The van der Waals surface area contributed by atoms with Crippen LogP contribution in [0.25, 0.3) is 0 Å². The molecule has 0 fully saturated rings. The zero-order valence-corrected chi connectivity index (χ0v) is 6.32. The fourth-order valence-electron chi connectivity index (χ4n) is 1.27. The highest BCUT2D eigenvalue weighted by Gasteiger charge is 2.17. The molecule has 1 aliphatic carbocycles. The van der Waals surface area contributed by atoms with Crippen LogP contribution in [0.1, 0.15) is 6.42 Å². The fraction of sp³-hybridized carbons (Fsp3) is 0.111. The van der Waals surface area contributed by atoms with Crippen molar-refractivity contribution in [3.05, 3.63) is 35.1 Å². The number of fused-ring (bicyclic) bond motifs is 1. The molecular formula is C9H7NO2. The van der Waals surface area contributed by atoms with Gasteiger partial charge in [-0.25, -0.2) is 4.79 Å². The molecule has 0 spiro atoms. The van der Waals surface area contributed by atoms with E-state index in [4.69, 9.17) is 5.11 Å². The molecular weight excluding hydrogens is 154 g/mol. The second-order valence-corrected chi connectivity index (χ2v) is 2.70. The molecule has 1 aliphatic heterocycles. The van der Waals surface area contributed by atoms with Gasteiger partial charge in [-0.1, -0.05) is 0 Å². The Labute approximate surface area is 69.4 Å². The third kappa shape index (κ3) is 0.993. The number of aliphatic imine (C=N–C) groups is 1. The lowest BCUT2D eigenvalue weighted by Gasteiger charge is -2.08. The number of hydrogen-bond donors (Lipinski definition) is 1. The van der Waals surface area contributed by atoms with E-state index in [1.54, 1.807) is 18.4 Å². The SMILES string of the molecule is O=C(O)C1=CC=C2N=CC=C2C1. The van der Waals surface area contributed by atoms with Gasteiger partial charge in [-0.05, 0) is 23.8 Å². The average molecular weight is 161 g/mol. The molecule has 0 radical (unpaired) electrons. The van der Waals surface area contributed by atoms with Gasteiger partial charge in [-0.2, -0.15) is 0 Å². The number of carbonyl (C=O) groups is 1. The van der Waals surface area contributed by atoms with Crippen LogP contribution >= 0.6 is 0 Å². The van der Waals surface area contributed by atoms with Crippen molar-refractivity contribution >= 4 is 12.2 Å². The molecule has 60 valence electrons. The van der Waals surface area contributed by atoms with Crippen molar-refractivity contribution in [3.8, 4) is 0 Å². The zero-order valence-electron chi connectivity index (χ0n) is 6.32. The lowest BCUT2D eigenvalue weighted by atomic mass is 9.98. The summed E-state index contributed by atoms with van der Waals surface area (Å²) in [5, 5.41) is 8.69. The largest absolute Gasteiger partial charge is 0.478 e. The predicted molar refractivity (Wildman–Crippen MR) is 45.0 cm³/mol. The van der Waals surface area contributed by atoms with Crippen LogP contribution in [0.3, 0.4) is 0 Å². The summed E-state index contributed by atoms with van der Waals surface area (Å²) in [4.78, 5) is 14.6. The average Bonchev–Trinajstić information content (AvgIpc) is 2.49. The quantitative estimate of drug-likeness (QED) is 0.630. The van der Waals surface area contributed by atoms with Gasteiger partial charge in [0.2, 0.25) is 0 Å². The van der Waals surface area contributed by atoms with Gasteiger partial charge in [0, 0.05) is 18.2 Å². The van der Waals surface area contributed by atoms with Gasteiger partial charge < -0.3 is 5.11 Å². The van der Waals surface area contributed by atoms with Crippen LogP contribution in [0.2, 0.25) is 0 Å². The number of hydrogen-bond acceptors (Lipinski definition) is 2. The molecule has 2 aliphatic rings. The van der Waals surface area contributed by atoms with Crippen LogP contribution in [0, 0.1) is 0 Å². The topological polar surface area (TPSA) is 49.7 Å². The van der Waals surface area contributed by atoms with Crippen molar-refractivity contribution in [2.45, 2.75) is 6.42 Å². The summed E-state index contributed by atoms with van der Waals surface area (Å²) in [7, 11) is 0. The Kier molecular flexibility index (Phi) is 1.43. The Morgan fingerprint density at radius 1 is 1.42 bits per heavy atom. The Balaban J connectivity index is 2.33. The molecule has 1 N–H and O–H groups in total. The van der Waals surface area contributed by atoms with E-state index in [0.717, 1.165) is 11.3 Å². The maximum Gasteiger partial charge on any atom is 0.331 e. The summed E-state index contributed by atoms with van der Waals surface area (Å²) in [5.74, 6) is -0.849. The predicted octanol–water partition coefficient (Wildman–Crippen LogP) is 1.30. The normalized spacial score (nSPS) is 19.5. The van der Waals surface area contributed by atoms with E-state index < -0.39 is 5.97 Å². The maximum absolute atomic E-state index is 10.6. The van der Waals surface area contributed by atoms with Gasteiger partial charge >= 0.3 is 5.97 Å². The van der Waals surface area contributed by atoms with E-state index >= 15 is 0 Å². The summed E-state index contributed by atoms with van der Waals surface area (Å²) < 4.78 is 0. The third-order valence-electron chi connectivity index (χ3n) is 1.92. The molecule has 0 atom stereocenters. The fourth-order valence-corrected chi connectivity index (χ4v) is 1.27. The number of aliphatic carboxylic acids is 1. The third-order valence-corrected chi connectivity index (χ3v) is 1.92. The minimum atomic E-state index is -0.849. The smallest absolute Gasteiger partial charge is 0.331 e. The lowest BCUT2D eigenvalue weighted by molar-refractivity contribution is -0.132. The molecule has 0 saturated heterocycles. The molecule has 2 rings (SSSR count). The van der Waals surface area contributed by atoms with Crippen LogP contribution in [-0.2, 0) is 4.79 Å². The van der Waals surface area contributed by atoms with E-state index in [1.807, 2.05) is 6.08 Å². The van der Waals surface area contributed by atoms with Crippen LogP contribution < -0.4 is 0 Å². The van der Waals surface area contributed by atoms with Crippen LogP contribution in [0.5, 0.6) is 0 Å². The van der Waals surface area contributed by atoms with Crippen molar-refractivity contribution in [2.24, 2.45) is 4.99 Å². The van der Waals surface area contributed by atoms with E-state index in [1.165, 1.54) is 0 Å². The highest BCUT2D eigenvalue weighted by molar-refractivity contribution is 5.90. The summed E-state index contributed by atoms with van der Waals surface area (Å²) in [6.45, 7) is 0. The molecule has 0 amide bonds. The van der Waals surface area contributed by atoms with Crippen molar-refractivity contribution in [1.82, 2.24) is 0 Å². The Hall–Kier alpha value is -1.64. The summed E-state index contributed by atoms with van der Waals surface area (Å²) in [5.41, 5.74) is 2.31. The lowest BCUT2D eigenvalue weighted by Crippen LogP contribution is -2.04. The van der Waals surface area contributed by atoms with Crippen molar-refractivity contribution in [1.29, 1.82) is 0 Å². The highest BCUT2D eigenvalue weighted by Crippen LogP contribution is 2.27. The highest BCUT2D eigenvalue weighted by atomic mass is 16.4. The van der Waals surface area contributed by atoms with E-state index in [9.17, 15) is 4.79 Å². The molecule has 12 heavy (non-hydrogen) atoms. The minimum Gasteiger partial charge on any atom is -0.478 e. The Bertz CT molecular complexity index is 359. The number of rotatable bonds is 1. The molecule has 0 saturated carbocycles. The van der Waals surface area contributed by atoms with E-state index in [-0.39, 0.29) is 0 Å². The van der Waals surface area contributed by atoms with Crippen molar-refractivity contribution < 1.29 is 9.90 Å². The zero-order chi connectivity index (χ0) is 8.55. The first-order valence-electron chi connectivity index (χ1n) is 3.65. The van der Waals surface area contributed by atoms with Gasteiger partial charge in [0.25, 0.3) is 0 Å². The van der Waals surface area contributed by atoms with Crippen molar-refractivity contribution in [2.75, 3.05) is 0 Å². The van der Waals surface area contributed by atoms with Crippen molar-refractivity contribution in [3.63, 3.8) is 0 Å². The Morgan fingerprint density at radius 2 is 2.25 bits per heavy atom. The van der Waals surface area contributed by atoms with Gasteiger partial charge in [0.05, 0.1) is 5.70 Å². The molecule has 3 nitrogen and oxygen atoms in total. The summed E-state index contributed by atoms with van der Waals surface area (Å²) >= 11 is 0. The number of carboxylic acids is 1. The van der Waals surface area contributed by atoms with E-state index in [0.29, 0.717) is 12.0 Å².